The van der Waals surface area contributed by atoms with E-state index in [9.17, 15) is 19.2 Å². The summed E-state index contributed by atoms with van der Waals surface area (Å²) in [6.45, 7) is 6.84. The Labute approximate surface area is 267 Å². The second-order valence-corrected chi connectivity index (χ2v) is 11.5. The van der Waals surface area contributed by atoms with E-state index in [0.29, 0.717) is 39.7 Å². The largest absolute Gasteiger partial charge is 0.497 e. The van der Waals surface area contributed by atoms with E-state index in [-0.39, 0.29) is 13.0 Å². The number of hydrogen-bond donors (Lipinski definition) is 3. The van der Waals surface area contributed by atoms with Crippen molar-refractivity contribution in [3.63, 3.8) is 0 Å². The van der Waals surface area contributed by atoms with Crippen LogP contribution in [0.2, 0.25) is 0 Å². The fraction of sp³-hybridized carbons (Fsp3) is 0.353. The number of ether oxygens (including phenoxy) is 5. The van der Waals surface area contributed by atoms with Crippen LogP contribution >= 0.6 is 0 Å². The van der Waals surface area contributed by atoms with Crippen LogP contribution in [0.5, 0.6) is 23.0 Å². The van der Waals surface area contributed by atoms with Gasteiger partial charge in [-0.1, -0.05) is 30.3 Å². The summed E-state index contributed by atoms with van der Waals surface area (Å²) in [5.74, 6) is -0.409. The van der Waals surface area contributed by atoms with Crippen LogP contribution in [0.25, 0.3) is 0 Å². The summed E-state index contributed by atoms with van der Waals surface area (Å²) in [7, 11) is 2.99. The van der Waals surface area contributed by atoms with Crippen LogP contribution in [0.3, 0.4) is 0 Å². The number of carbonyl (C=O) groups excluding carboxylic acids is 4. The highest BCUT2D eigenvalue weighted by atomic mass is 16.6. The van der Waals surface area contributed by atoms with Gasteiger partial charge in [-0.25, -0.2) is 9.59 Å². The first-order chi connectivity index (χ1) is 21.9. The zero-order valence-corrected chi connectivity index (χ0v) is 26.7. The molecule has 3 aromatic carbocycles. The standard InChI is InChI=1S/C34H39N3O9/c1-7-44-32(40)29-22-12-17-26(43-6)27(19-22)45-24-13-8-20(9-14-24)18-25(35-33(41)46-34(2,3)4)30(38)36-28(31(39)37-29)21-10-15-23(42-5)16-11-21/h8-17,19,25,28-29H,7,18H2,1-6H3,(H,35,41)(H,36,38)(H,37,39)/t25-,28-,29-/m1/s1. The molecule has 3 N–H and O–H groups in total. The van der Waals surface area contributed by atoms with Crippen molar-refractivity contribution in [1.29, 1.82) is 0 Å². The van der Waals surface area contributed by atoms with Gasteiger partial charge in [0.15, 0.2) is 17.5 Å². The van der Waals surface area contributed by atoms with Crippen LogP contribution in [-0.4, -0.2) is 56.3 Å². The molecule has 0 radical (unpaired) electrons. The van der Waals surface area contributed by atoms with Gasteiger partial charge in [0.2, 0.25) is 11.8 Å². The third-order valence-corrected chi connectivity index (χ3v) is 6.93. The number of nitrogens with one attached hydrogen (secondary N) is 3. The third-order valence-electron chi connectivity index (χ3n) is 6.93. The first-order valence-electron chi connectivity index (χ1n) is 14.8. The van der Waals surface area contributed by atoms with Crippen molar-refractivity contribution in [3.8, 4) is 23.0 Å². The Balaban J connectivity index is 1.83. The number of amides is 3. The fourth-order valence-corrected chi connectivity index (χ4v) is 4.74. The molecule has 12 heteroatoms. The van der Waals surface area contributed by atoms with Crippen molar-refractivity contribution in [2.45, 2.75) is 57.8 Å². The summed E-state index contributed by atoms with van der Waals surface area (Å²) in [5.41, 5.74) is 0.636. The molecule has 0 fully saturated rings. The molecule has 0 aliphatic carbocycles. The van der Waals surface area contributed by atoms with Gasteiger partial charge in [0, 0.05) is 6.42 Å². The number of carbonyl (C=O) groups is 4. The number of benzene rings is 3. The predicted octanol–water partition coefficient (Wildman–Crippen LogP) is 4.52. The molecule has 0 unspecified atom stereocenters. The molecule has 2 aliphatic heterocycles. The zero-order chi connectivity index (χ0) is 33.4. The van der Waals surface area contributed by atoms with E-state index in [1.165, 1.54) is 14.2 Å². The molecule has 4 bridgehead atoms. The van der Waals surface area contributed by atoms with Crippen LogP contribution < -0.4 is 30.2 Å². The van der Waals surface area contributed by atoms with Crippen LogP contribution in [-0.2, 0) is 30.3 Å². The second kappa shape index (κ2) is 14.7. The highest BCUT2D eigenvalue weighted by Gasteiger charge is 2.33. The topological polar surface area (TPSA) is 151 Å². The molecule has 2 aliphatic rings. The molecule has 2 heterocycles. The van der Waals surface area contributed by atoms with Crippen molar-refractivity contribution in [1.82, 2.24) is 16.0 Å². The molecule has 3 amide bonds. The van der Waals surface area contributed by atoms with E-state index in [2.05, 4.69) is 16.0 Å². The highest BCUT2D eigenvalue weighted by Crippen LogP contribution is 2.35. The molecule has 0 saturated carbocycles. The van der Waals surface area contributed by atoms with E-state index in [0.717, 1.165) is 0 Å². The molecular weight excluding hydrogens is 594 g/mol. The summed E-state index contributed by atoms with van der Waals surface area (Å²) in [6, 6.07) is 14.6. The summed E-state index contributed by atoms with van der Waals surface area (Å²) in [4.78, 5) is 54.0. The average molecular weight is 634 g/mol. The van der Waals surface area contributed by atoms with E-state index in [1.54, 1.807) is 94.4 Å². The Morgan fingerprint density at radius 1 is 0.891 bits per heavy atom. The first kappa shape index (κ1) is 33.6. The van der Waals surface area contributed by atoms with Gasteiger partial charge >= 0.3 is 12.1 Å². The Morgan fingerprint density at radius 2 is 1.57 bits per heavy atom. The maximum atomic E-state index is 14.0. The zero-order valence-electron chi connectivity index (χ0n) is 26.7. The molecule has 3 aromatic rings. The molecule has 46 heavy (non-hydrogen) atoms. The molecule has 12 nitrogen and oxygen atoms in total. The number of methoxy groups -OCH3 is 2. The lowest BCUT2D eigenvalue weighted by molar-refractivity contribution is -0.148. The van der Waals surface area contributed by atoms with Crippen molar-refractivity contribution < 1.29 is 42.9 Å². The fourth-order valence-electron chi connectivity index (χ4n) is 4.74. The molecule has 3 atom stereocenters. The van der Waals surface area contributed by atoms with Crippen molar-refractivity contribution >= 4 is 23.9 Å². The molecule has 0 spiro atoms. The lowest BCUT2D eigenvalue weighted by Crippen LogP contribution is -2.52. The first-order valence-corrected chi connectivity index (χ1v) is 14.8. The van der Waals surface area contributed by atoms with Crippen LogP contribution in [0, 0.1) is 0 Å². The average Bonchev–Trinajstić information content (AvgIpc) is 3.01. The molecule has 0 saturated heterocycles. The van der Waals surface area contributed by atoms with Gasteiger partial charge in [-0.05, 0) is 80.8 Å². The Bertz CT molecular complexity index is 1550. The maximum Gasteiger partial charge on any atom is 0.408 e. The van der Waals surface area contributed by atoms with Crippen LogP contribution in [0.1, 0.15) is 56.5 Å². The van der Waals surface area contributed by atoms with Gasteiger partial charge in [-0.2, -0.15) is 0 Å². The van der Waals surface area contributed by atoms with E-state index >= 15 is 0 Å². The minimum Gasteiger partial charge on any atom is -0.497 e. The normalized spacial score (nSPS) is 18.3. The lowest BCUT2D eigenvalue weighted by atomic mass is 10.0. The summed E-state index contributed by atoms with van der Waals surface area (Å²) < 4.78 is 27.6. The SMILES string of the molecule is CCOC(=O)[C@@H]1NC(=O)[C@@H](c2ccc(OC)cc2)NC(=O)[C@H](NC(=O)OC(C)(C)C)Cc2ccc(cc2)Oc2cc1ccc2OC. The van der Waals surface area contributed by atoms with Gasteiger partial charge in [-0.15, -0.1) is 0 Å². The number of alkyl carbamates (subject to hydrolysis) is 1. The van der Waals surface area contributed by atoms with Gasteiger partial charge in [0.1, 0.15) is 29.2 Å². The second-order valence-electron chi connectivity index (χ2n) is 11.5. The van der Waals surface area contributed by atoms with Crippen molar-refractivity contribution in [2.75, 3.05) is 20.8 Å². The minimum atomic E-state index is -1.29. The quantitative estimate of drug-likeness (QED) is 0.333. The Hall–Kier alpha value is -5.26. The number of fused-ring (bicyclic) bond motifs is 9. The molecular formula is C34H39N3O9. The van der Waals surface area contributed by atoms with Gasteiger partial charge < -0.3 is 39.6 Å². The van der Waals surface area contributed by atoms with Crippen LogP contribution in [0.4, 0.5) is 4.79 Å². The Kier molecular flexibility index (Phi) is 10.7. The lowest BCUT2D eigenvalue weighted by Gasteiger charge is -2.27. The minimum absolute atomic E-state index is 0.0621. The summed E-state index contributed by atoms with van der Waals surface area (Å²) in [5, 5.41) is 8.14. The van der Waals surface area contributed by atoms with E-state index in [4.69, 9.17) is 23.7 Å². The smallest absolute Gasteiger partial charge is 0.408 e. The monoisotopic (exact) mass is 633 g/mol. The summed E-state index contributed by atoms with van der Waals surface area (Å²) in [6.07, 6.45) is -0.743. The van der Waals surface area contributed by atoms with Gasteiger partial charge in [-0.3, -0.25) is 9.59 Å². The number of hydrogen-bond acceptors (Lipinski definition) is 9. The highest BCUT2D eigenvalue weighted by molar-refractivity contribution is 5.94. The van der Waals surface area contributed by atoms with Crippen LogP contribution in [0.15, 0.2) is 66.7 Å². The third kappa shape index (κ3) is 8.68. The summed E-state index contributed by atoms with van der Waals surface area (Å²) >= 11 is 0. The predicted molar refractivity (Wildman–Crippen MR) is 168 cm³/mol. The molecule has 0 aromatic heterocycles. The molecule has 244 valence electrons. The van der Waals surface area contributed by atoms with Gasteiger partial charge in [0.25, 0.3) is 0 Å². The van der Waals surface area contributed by atoms with Crippen molar-refractivity contribution in [2.24, 2.45) is 0 Å². The maximum absolute atomic E-state index is 14.0. The number of rotatable bonds is 6. The van der Waals surface area contributed by atoms with E-state index < -0.39 is 47.6 Å². The Morgan fingerprint density at radius 3 is 2.17 bits per heavy atom. The van der Waals surface area contributed by atoms with Gasteiger partial charge in [0.05, 0.1) is 20.8 Å². The molecule has 5 rings (SSSR count). The number of esters is 1. The van der Waals surface area contributed by atoms with E-state index in [1.807, 2.05) is 0 Å². The van der Waals surface area contributed by atoms with Crippen molar-refractivity contribution in [3.05, 3.63) is 83.4 Å².